The summed E-state index contributed by atoms with van der Waals surface area (Å²) in [5.74, 6) is -0.00665. The smallest absolute Gasteiger partial charge is 0.123 e. The molecule has 128 valence electrons. The van der Waals surface area contributed by atoms with Crippen molar-refractivity contribution >= 4 is 6.29 Å². The van der Waals surface area contributed by atoms with Gasteiger partial charge in [0.15, 0.2) is 0 Å². The number of hydrogen-bond acceptors (Lipinski definition) is 5. The maximum Gasteiger partial charge on any atom is 0.123 e. The topological polar surface area (TPSA) is 59.0 Å². The molecule has 1 N–H and O–H groups in total. The Morgan fingerprint density at radius 3 is 2.68 bits per heavy atom. The first-order valence-electron chi connectivity index (χ1n) is 8.43. The van der Waals surface area contributed by atoms with E-state index in [2.05, 4.69) is 11.8 Å². The third-order valence-corrected chi connectivity index (χ3v) is 5.73. The summed E-state index contributed by atoms with van der Waals surface area (Å²) in [5, 5.41) is 11.0. The van der Waals surface area contributed by atoms with E-state index in [0.717, 1.165) is 32.1 Å². The molecule has 2 rings (SSSR count). The van der Waals surface area contributed by atoms with Crippen LogP contribution in [0.1, 0.15) is 39.0 Å². The molecule has 5 nitrogen and oxygen atoms in total. The highest BCUT2D eigenvalue weighted by Crippen LogP contribution is 2.57. The molecule has 4 atom stereocenters. The summed E-state index contributed by atoms with van der Waals surface area (Å²) in [4.78, 5) is 13.3. The monoisotopic (exact) mass is 313 g/mol. The third-order valence-electron chi connectivity index (χ3n) is 5.73. The zero-order valence-corrected chi connectivity index (χ0v) is 14.2. The molecule has 22 heavy (non-hydrogen) atoms. The van der Waals surface area contributed by atoms with Crippen LogP contribution in [0.5, 0.6) is 0 Å². The van der Waals surface area contributed by atoms with Crippen molar-refractivity contribution in [3.63, 3.8) is 0 Å². The number of carbonyl (C=O) groups is 1. The lowest BCUT2D eigenvalue weighted by Gasteiger charge is -2.48. The first-order valence-corrected chi connectivity index (χ1v) is 8.43. The average molecular weight is 313 g/mol. The lowest BCUT2D eigenvalue weighted by Crippen LogP contribution is -2.51. The average Bonchev–Trinajstić information content (AvgIpc) is 2.73. The Morgan fingerprint density at radius 1 is 1.23 bits per heavy atom. The summed E-state index contributed by atoms with van der Waals surface area (Å²) < 4.78 is 11.4. The molecule has 0 spiro atoms. The van der Waals surface area contributed by atoms with E-state index in [1.807, 2.05) is 14.1 Å². The first-order chi connectivity index (χ1) is 10.4. The molecule has 0 radical (unpaired) electrons. The highest BCUT2D eigenvalue weighted by atomic mass is 16.5. The highest BCUT2D eigenvalue weighted by molar-refractivity contribution is 5.57. The summed E-state index contributed by atoms with van der Waals surface area (Å²) in [7, 11) is 4.04. The van der Waals surface area contributed by atoms with Crippen LogP contribution in [0.3, 0.4) is 0 Å². The summed E-state index contributed by atoms with van der Waals surface area (Å²) >= 11 is 0. The van der Waals surface area contributed by atoms with Crippen LogP contribution in [0.25, 0.3) is 0 Å². The fourth-order valence-electron chi connectivity index (χ4n) is 4.02. The quantitative estimate of drug-likeness (QED) is 0.543. The van der Waals surface area contributed by atoms with Gasteiger partial charge in [-0.25, -0.2) is 0 Å². The number of ether oxygens (including phenoxy) is 2. The highest BCUT2D eigenvalue weighted by Gasteiger charge is 2.59. The van der Waals surface area contributed by atoms with Crippen molar-refractivity contribution in [2.24, 2.45) is 11.3 Å². The standard InChI is InChI=1S/C17H31NO4/c1-16-6-5-15(22-11-10-21-9-8-18(2)3)12-17(16,20)7-4-14(16)13-19/h13-15,20H,4-12H2,1-3H3/t14-,15+,16-,17+/m1/s1. The van der Waals surface area contributed by atoms with Crippen molar-refractivity contribution in [2.75, 3.05) is 40.5 Å². The van der Waals surface area contributed by atoms with E-state index in [9.17, 15) is 9.90 Å². The number of likely N-dealkylation sites (N-methyl/N-ethyl adjacent to an activating group) is 1. The number of hydrogen-bond donors (Lipinski definition) is 1. The molecule has 0 aliphatic heterocycles. The van der Waals surface area contributed by atoms with Gasteiger partial charge in [0.2, 0.25) is 0 Å². The van der Waals surface area contributed by atoms with E-state index in [1.54, 1.807) is 0 Å². The van der Waals surface area contributed by atoms with Crippen LogP contribution in [0.4, 0.5) is 0 Å². The zero-order chi connectivity index (χ0) is 16.2. The van der Waals surface area contributed by atoms with Crippen molar-refractivity contribution in [3.8, 4) is 0 Å². The van der Waals surface area contributed by atoms with E-state index in [-0.39, 0.29) is 17.4 Å². The molecular weight excluding hydrogens is 282 g/mol. The van der Waals surface area contributed by atoms with Gasteiger partial charge < -0.3 is 24.3 Å². The minimum Gasteiger partial charge on any atom is -0.389 e. The normalized spacial score (nSPS) is 38.2. The van der Waals surface area contributed by atoms with Gasteiger partial charge in [-0.05, 0) is 39.8 Å². The first kappa shape index (κ1) is 17.9. The second-order valence-corrected chi connectivity index (χ2v) is 7.38. The lowest BCUT2D eigenvalue weighted by molar-refractivity contribution is -0.150. The van der Waals surface area contributed by atoms with Gasteiger partial charge in [-0.1, -0.05) is 6.92 Å². The van der Waals surface area contributed by atoms with Crippen LogP contribution in [0.15, 0.2) is 0 Å². The van der Waals surface area contributed by atoms with Crippen molar-refractivity contribution in [1.82, 2.24) is 4.90 Å². The number of fused-ring (bicyclic) bond motifs is 1. The summed E-state index contributed by atoms with van der Waals surface area (Å²) in [6.07, 6.45) is 5.06. The number of nitrogens with zero attached hydrogens (tertiary/aromatic N) is 1. The molecule has 0 amide bonds. The van der Waals surface area contributed by atoms with Crippen LogP contribution < -0.4 is 0 Å². The van der Waals surface area contributed by atoms with Gasteiger partial charge in [0.1, 0.15) is 6.29 Å². The molecule has 0 aromatic heterocycles. The van der Waals surface area contributed by atoms with Crippen molar-refractivity contribution in [2.45, 2.75) is 50.7 Å². The second kappa shape index (κ2) is 7.39. The number of carbonyl (C=O) groups excluding carboxylic acids is 1. The predicted octanol–water partition coefficient (Wildman–Crippen LogP) is 1.48. The predicted molar refractivity (Wildman–Crippen MR) is 84.8 cm³/mol. The van der Waals surface area contributed by atoms with Gasteiger partial charge in [-0.15, -0.1) is 0 Å². The van der Waals surface area contributed by atoms with Gasteiger partial charge in [0.05, 0.1) is 31.5 Å². The van der Waals surface area contributed by atoms with E-state index >= 15 is 0 Å². The molecule has 0 aromatic carbocycles. The Balaban J connectivity index is 1.72. The Bertz CT molecular complexity index is 376. The van der Waals surface area contributed by atoms with Crippen LogP contribution in [-0.2, 0) is 14.3 Å². The van der Waals surface area contributed by atoms with Crippen molar-refractivity contribution in [3.05, 3.63) is 0 Å². The van der Waals surface area contributed by atoms with E-state index < -0.39 is 5.60 Å². The molecular formula is C17H31NO4. The van der Waals surface area contributed by atoms with Gasteiger partial charge in [0, 0.05) is 24.3 Å². The molecule has 2 aliphatic rings. The maximum absolute atomic E-state index is 11.2. The zero-order valence-electron chi connectivity index (χ0n) is 14.2. The molecule has 2 aliphatic carbocycles. The minimum atomic E-state index is -0.743. The Morgan fingerprint density at radius 2 is 2.00 bits per heavy atom. The van der Waals surface area contributed by atoms with Crippen molar-refractivity contribution in [1.29, 1.82) is 0 Å². The molecule has 5 heteroatoms. The molecule has 0 aromatic rings. The van der Waals surface area contributed by atoms with Gasteiger partial charge >= 0.3 is 0 Å². The van der Waals surface area contributed by atoms with Crippen LogP contribution in [0, 0.1) is 11.3 Å². The number of aliphatic hydroxyl groups is 1. The van der Waals surface area contributed by atoms with Gasteiger partial charge in [0.25, 0.3) is 0 Å². The van der Waals surface area contributed by atoms with E-state index in [0.29, 0.717) is 32.7 Å². The molecule has 0 heterocycles. The fraction of sp³-hybridized carbons (Fsp3) is 0.941. The molecule has 0 saturated heterocycles. The Kier molecular flexibility index (Phi) is 6.00. The lowest BCUT2D eigenvalue weighted by atomic mass is 9.62. The van der Waals surface area contributed by atoms with Gasteiger partial charge in [-0.2, -0.15) is 0 Å². The second-order valence-electron chi connectivity index (χ2n) is 7.38. The molecule has 0 unspecified atom stereocenters. The van der Waals surface area contributed by atoms with Crippen LogP contribution in [-0.4, -0.2) is 68.5 Å². The summed E-state index contributed by atoms with van der Waals surface area (Å²) in [6, 6.07) is 0. The minimum absolute atomic E-state index is 0.00665. The SMILES string of the molecule is CN(C)CCOCCO[C@H]1CC[C@]2(C)[C@@H](C=O)CC[C@]2(O)C1. The fourth-order valence-corrected chi connectivity index (χ4v) is 4.02. The number of aldehydes is 1. The molecule has 2 saturated carbocycles. The Hall–Kier alpha value is -0.490. The van der Waals surface area contributed by atoms with Crippen LogP contribution in [0.2, 0.25) is 0 Å². The third kappa shape index (κ3) is 3.70. The largest absolute Gasteiger partial charge is 0.389 e. The molecule has 0 bridgehead atoms. The van der Waals surface area contributed by atoms with Crippen molar-refractivity contribution < 1.29 is 19.4 Å². The van der Waals surface area contributed by atoms with Gasteiger partial charge in [-0.3, -0.25) is 0 Å². The maximum atomic E-state index is 11.2. The Labute approximate surface area is 134 Å². The van der Waals surface area contributed by atoms with Crippen LogP contribution >= 0.6 is 0 Å². The van der Waals surface area contributed by atoms with E-state index in [1.165, 1.54) is 0 Å². The summed E-state index contributed by atoms with van der Waals surface area (Å²) in [6.45, 7) is 4.86. The number of rotatable bonds is 8. The molecule has 2 fully saturated rings. The summed E-state index contributed by atoms with van der Waals surface area (Å²) in [5.41, 5.74) is -1.01. The van der Waals surface area contributed by atoms with E-state index in [4.69, 9.17) is 9.47 Å².